The molecular formula is C40H281NO3. The van der Waals surface area contributed by atoms with Gasteiger partial charge in [0, 0.05) is 191 Å². The van der Waals surface area contributed by atoms with Crippen LogP contribution in [0, 0.1) is 30.6 Å². The molecule has 1 aliphatic carbocycles. The van der Waals surface area contributed by atoms with Crippen molar-refractivity contribution in [3.05, 3.63) is 58.1 Å². The predicted octanol–water partition coefficient (Wildman–Crippen LogP) is 37.3. The maximum absolute atomic E-state index is 14.6. The summed E-state index contributed by atoms with van der Waals surface area (Å²) in [5.41, 5.74) is 4.09. The van der Waals surface area contributed by atoms with E-state index in [0.717, 1.165) is 36.1 Å². The third-order valence-corrected chi connectivity index (χ3v) is 12.0. The van der Waals surface area contributed by atoms with Crippen molar-refractivity contribution in [3.8, 4) is 11.5 Å². The van der Waals surface area contributed by atoms with E-state index in [0.29, 0.717) is 11.5 Å². The number of nitrogens with zero attached hydrogens (tertiary/aromatic N) is 1. The normalized spacial score (nSPS) is 25.4. The molecule has 0 aromatic heterocycles. The predicted molar refractivity (Wildman–Crippen MR) is 417 cm³/mol. The van der Waals surface area contributed by atoms with E-state index in [9.17, 15) is 4.79 Å². The molecule has 0 N–H and O–H groups in total. The molecule has 2 aromatic rings. The molecule has 4 heteroatoms. The van der Waals surface area contributed by atoms with Crippen molar-refractivity contribution in [1.29, 1.82) is 0 Å². The van der Waals surface area contributed by atoms with Gasteiger partial charge in [0.25, 0.3) is 0 Å². The van der Waals surface area contributed by atoms with E-state index < -0.39 is 11.7 Å². The smallest absolute Gasteiger partial charge is 0.167 e. The molecule has 1 heterocycles. The van der Waals surface area contributed by atoms with E-state index in [-0.39, 0.29) is 196 Å². The molecule has 2 atom stereocenters. The number of fused-ring (bicyclic) bond motifs is 1. The second-order valence-corrected chi connectivity index (χ2v) is 17.3. The lowest BCUT2D eigenvalue weighted by Gasteiger charge is -2.66. The molecule has 4 rings (SSSR count). The van der Waals surface area contributed by atoms with Crippen molar-refractivity contribution in [2.75, 3.05) is 6.54 Å². The summed E-state index contributed by atoms with van der Waals surface area (Å²) in [6, 6.07) is 10.6. The number of carbonyl (C=O) groups is 1. The number of piperidine rings is 1. The van der Waals surface area contributed by atoms with Crippen molar-refractivity contribution >= 4 is 5.78 Å². The molecular weight excluding hydrogens is 542 g/mol. The van der Waals surface area contributed by atoms with E-state index in [2.05, 4.69) is 105 Å². The van der Waals surface area contributed by atoms with E-state index >= 15 is 0 Å². The maximum atomic E-state index is 14.6. The monoisotopic (exact) mass is 826 g/mol. The van der Waals surface area contributed by atoms with Gasteiger partial charge in [-0.2, -0.15) is 0 Å². The molecule has 2 unspecified atom stereocenters. The van der Waals surface area contributed by atoms with Crippen LogP contribution in [0.1, 0.15) is 301 Å². The van der Waals surface area contributed by atoms with Gasteiger partial charge >= 0.3 is 0 Å². The highest BCUT2D eigenvalue weighted by molar-refractivity contribution is 6.05. The number of ketones is 1. The van der Waals surface area contributed by atoms with Gasteiger partial charge in [-0.25, -0.2) is 0 Å². The Morgan fingerprint density at radius 2 is 1.61 bits per heavy atom. The fourth-order valence-electron chi connectivity index (χ4n) is 8.78. The number of carbonyl (C=O) groups excluding carboxylic acids is 1. The van der Waals surface area contributed by atoms with E-state index in [1.54, 1.807) is 13.8 Å². The molecule has 1 aliphatic heterocycles. The Labute approximate surface area is 434 Å². The largest absolute Gasteiger partial charge is 0.487 e. The number of rotatable bonds is 7. The molecule has 1 fully saturated rings. The number of aryl methyl sites for hydroxylation is 1. The summed E-state index contributed by atoms with van der Waals surface area (Å²) in [4.78, 5) is 17.3. The summed E-state index contributed by atoms with van der Waals surface area (Å²) in [7, 11) is 0. The lowest BCUT2D eigenvalue weighted by molar-refractivity contribution is -0.164. The fraction of sp³-hybridized carbons (Fsp3) is 0.675. The van der Waals surface area contributed by atoms with Gasteiger partial charge in [-0.3, -0.25) is 9.69 Å². The summed E-state index contributed by atoms with van der Waals surface area (Å²) >= 11 is 0. The Balaban J connectivity index is -0.00000000199. The highest BCUT2D eigenvalue weighted by atomic mass is 16.5. The van der Waals surface area contributed by atoms with Crippen molar-refractivity contribution in [2.24, 2.45) is 16.7 Å². The van der Waals surface area contributed by atoms with Gasteiger partial charge < -0.3 is 9.47 Å². The highest BCUT2D eigenvalue weighted by Gasteiger charge is 2.61. The standard InChI is InChI=1S/C40H61NO3.110H2/c1-25(2)43-31-23-28-32(27(4)34(31)44-35(5,6)7)36(8,9)30(33(28)42)24-40(16)21-22-41(39(14,15)38(40,12)13)37(10,11)29-20-18-17-19-26(29)3;;;;;;;;;;;;;;;;;;;;;;;;;;;;;;;;;;;;;;;;;;;;;;;;;;;;;;;;;;;;;;;;;;;;;;;;;;;;;;;;;;;;;;;;;;;;;;;;;;;;;;;;;;;;;;/h17-20,23,25,30H,21-22,24H2,1-16H3;110*1H/i25D;;;;;;;;;;;;;;;;;;;;;;;;;;;;;;;;;;;;;;;;;;;;;;;;;;;;;;;;;;;;;;;;;;;;;;;;;;;;;;;;;;;;;;;;;;;;;;;;;;;;;;;;;;;;;;. The molecule has 44 heavy (non-hydrogen) atoms. The number of Topliss-reactive ketones (excluding diaryl/α,β-unsaturated/α-hetero) is 1. The van der Waals surface area contributed by atoms with Crippen LogP contribution < -0.4 is 9.47 Å². The van der Waals surface area contributed by atoms with Crippen LogP contribution in [-0.2, 0) is 11.0 Å². The van der Waals surface area contributed by atoms with Crippen molar-refractivity contribution < 1.29 is 173 Å². The first-order valence-electron chi connectivity index (χ1n) is 17.1. The van der Waals surface area contributed by atoms with Gasteiger partial charge in [0.1, 0.15) is 5.60 Å². The summed E-state index contributed by atoms with van der Waals surface area (Å²) in [6.07, 6.45) is 0.641. The highest BCUT2D eigenvalue weighted by Crippen LogP contribution is 2.62. The quantitative estimate of drug-likeness (QED) is 0.279. The van der Waals surface area contributed by atoms with Gasteiger partial charge in [0.05, 0.1) is 7.45 Å². The summed E-state index contributed by atoms with van der Waals surface area (Å²) < 4.78 is 21.1. The van der Waals surface area contributed by atoms with Crippen LogP contribution in [-0.4, -0.2) is 34.4 Å². The lowest BCUT2D eigenvalue weighted by atomic mass is 9.49. The molecule has 0 amide bonds. The second kappa shape index (κ2) is 10.9. The van der Waals surface area contributed by atoms with Crippen molar-refractivity contribution in [1.82, 2.24) is 4.90 Å². The maximum Gasteiger partial charge on any atom is 0.167 e. The third kappa shape index (κ3) is 5.41. The summed E-state index contributed by atoms with van der Waals surface area (Å²) in [6.45, 7) is 36.0. The fourth-order valence-corrected chi connectivity index (χ4v) is 8.78. The van der Waals surface area contributed by atoms with Crippen molar-refractivity contribution in [3.63, 3.8) is 0 Å². The molecule has 0 radical (unpaired) electrons. The van der Waals surface area contributed by atoms with Crippen molar-refractivity contribution in [2.45, 2.75) is 152 Å². The Hall–Kier alpha value is -2.33. The molecule has 1 saturated heterocycles. The number of hydrogen-bond donors (Lipinski definition) is 0. The molecule has 2 aromatic carbocycles. The zero-order valence-corrected chi connectivity index (χ0v) is 30.8. The zero-order valence-electron chi connectivity index (χ0n) is 31.8. The molecule has 2 aliphatic rings. The van der Waals surface area contributed by atoms with Gasteiger partial charge in [-0.05, 0) is 128 Å². The van der Waals surface area contributed by atoms with Gasteiger partial charge in [-0.1, -0.05) is 58.9 Å². The number of likely N-dealkylation sites (tertiary alicyclic amines) is 1. The Morgan fingerprint density at radius 3 is 2.16 bits per heavy atom. The van der Waals surface area contributed by atoms with Gasteiger partial charge in [-0.15, -0.1) is 0 Å². The Kier molecular flexibility index (Phi) is 8.18. The van der Waals surface area contributed by atoms with Crippen LogP contribution in [0.2, 0.25) is 0 Å². The minimum Gasteiger partial charge on any atom is -0.487 e. The second-order valence-electron chi connectivity index (χ2n) is 17.3. The summed E-state index contributed by atoms with van der Waals surface area (Å²) in [5.74, 6) is 1.13. The molecule has 0 bridgehead atoms. The van der Waals surface area contributed by atoms with Gasteiger partial charge in [0.15, 0.2) is 17.3 Å². The Morgan fingerprint density at radius 1 is 1.02 bits per heavy atom. The number of benzene rings is 2. The molecule has 464 valence electrons. The first-order chi connectivity index (χ1) is 20.2. The Bertz CT molecular complexity index is 1600. The van der Waals surface area contributed by atoms with Crippen LogP contribution in [0.15, 0.2) is 30.3 Å². The van der Waals surface area contributed by atoms with E-state index in [4.69, 9.17) is 10.8 Å². The van der Waals surface area contributed by atoms with E-state index in [1.807, 2.05) is 26.8 Å². The summed E-state index contributed by atoms with van der Waals surface area (Å²) in [5, 5.41) is 0. The van der Waals surface area contributed by atoms with Crippen LogP contribution in [0.25, 0.3) is 0 Å². The topological polar surface area (TPSA) is 38.8 Å². The van der Waals surface area contributed by atoms with Gasteiger partial charge in [0.2, 0.25) is 0 Å². The zero-order chi connectivity index (χ0) is 34.3. The van der Waals surface area contributed by atoms with Crippen LogP contribution in [0.4, 0.5) is 0 Å². The minimum atomic E-state index is -1.17. The number of ether oxygens (including phenoxy) is 2. The minimum absolute atomic E-state index is 0. The first-order valence-corrected chi connectivity index (χ1v) is 16.6. The molecule has 0 spiro atoms. The molecule has 4 nitrogen and oxygen atoms in total. The first kappa shape index (κ1) is 33.0. The number of hydrogen-bond acceptors (Lipinski definition) is 4. The van der Waals surface area contributed by atoms with Crippen LogP contribution >= 0.6 is 0 Å². The average Bonchev–Trinajstić information content (AvgIpc) is 3.03. The van der Waals surface area contributed by atoms with E-state index in [1.165, 1.54) is 11.1 Å². The third-order valence-electron chi connectivity index (χ3n) is 12.0. The lowest BCUT2D eigenvalue weighted by Crippen LogP contribution is -2.69. The van der Waals surface area contributed by atoms with Crippen LogP contribution in [0.3, 0.4) is 0 Å². The SMILES string of the molecule is [2H]C(C)(C)Oc1cc2c(c(C)c1OC(C)(C)C)C(C)(C)C(CC1(C)CCN(C(C)(C)c3ccccc3C)C(C)(C)C1(C)C)C2=O.[HH].[HH].[HH].[HH].[HH].[HH].[HH].[HH].[HH].[HH].[HH].[HH].[HH].[HH].[HH].[HH].[HH].[HH].[HH].[HH].[HH].[HH].[HH].[HH].[HH].[HH].[HH].[HH].[HH].[HH].[HH].[HH].[HH].[HH].[HH].[HH].[HH].[HH].[HH].[HH].[HH].[HH].[HH].[HH].[HH].[HH].[HH].[HH].[HH].[HH].[HH].[HH].[HH].[HH].[HH].[HH].[HH].[HH].[HH].[HH].[HH].[HH].[HH].[HH].[HH].[HH].[HH].[HH].[HH].[HH].[HH].[HH].[HH].[HH].[HH].[HH].[HH].[HH].[HH].[HH].[HH].[HH].[HH].[HH].[HH].[HH].[HH].[HH].[HH].[HH].[HH].[HH].[HH].[HH].[HH].[HH].[HH].[HH].[HH].[HH].[HH].[HH].[HH].[HH].[HH].[HH].[HH].[HH].[HH].[HH]. The molecule has 0 saturated carbocycles. The average molecular weight is 827 g/mol. The van der Waals surface area contributed by atoms with Crippen LogP contribution in [0.5, 0.6) is 11.5 Å².